The van der Waals surface area contributed by atoms with Gasteiger partial charge in [-0.05, 0) is 12.1 Å². The van der Waals surface area contributed by atoms with E-state index in [0.29, 0.717) is 5.75 Å². The summed E-state index contributed by atoms with van der Waals surface area (Å²) in [5, 5.41) is 2.12. The van der Waals surface area contributed by atoms with E-state index in [0.717, 1.165) is 18.2 Å². The first kappa shape index (κ1) is 20.0. The van der Waals surface area contributed by atoms with Crippen molar-refractivity contribution in [3.63, 3.8) is 0 Å². The van der Waals surface area contributed by atoms with Crippen LogP contribution in [0.5, 0.6) is 17.2 Å². The zero-order valence-electron chi connectivity index (χ0n) is 14.8. The molecule has 0 fully saturated rings. The molecule has 1 amide bonds. The molecular weight excluding hydrogens is 364 g/mol. The number of benzene rings is 2. The molecule has 9 heteroatoms. The van der Waals surface area contributed by atoms with Crippen molar-refractivity contribution >= 4 is 17.6 Å². The molecule has 0 aliphatic rings. The predicted molar refractivity (Wildman–Crippen MR) is 91.4 cm³/mol. The number of nitrogens with one attached hydrogen (secondary N) is 1. The summed E-state index contributed by atoms with van der Waals surface area (Å²) >= 11 is 0. The fourth-order valence-corrected chi connectivity index (χ4v) is 2.18. The lowest BCUT2D eigenvalue weighted by atomic mass is 10.1. The van der Waals surface area contributed by atoms with Crippen LogP contribution in [0, 0.1) is 11.6 Å². The van der Waals surface area contributed by atoms with Crippen molar-refractivity contribution in [2.24, 2.45) is 0 Å². The van der Waals surface area contributed by atoms with E-state index in [9.17, 15) is 18.4 Å². The molecule has 0 aliphatic heterocycles. The molecule has 0 saturated heterocycles. The first-order valence-electron chi connectivity index (χ1n) is 7.61. The Morgan fingerprint density at radius 1 is 0.926 bits per heavy atom. The summed E-state index contributed by atoms with van der Waals surface area (Å²) in [5.74, 6) is -2.51. The molecule has 7 nitrogen and oxygen atoms in total. The molecule has 0 atom stereocenters. The molecule has 0 saturated carbocycles. The second-order valence-electron chi connectivity index (χ2n) is 5.16. The van der Waals surface area contributed by atoms with E-state index in [2.05, 4.69) is 5.32 Å². The minimum absolute atomic E-state index is 0.000105. The zero-order valence-corrected chi connectivity index (χ0v) is 14.8. The van der Waals surface area contributed by atoms with Crippen molar-refractivity contribution in [2.75, 3.05) is 33.3 Å². The number of methoxy groups -OCH3 is 3. The smallest absolute Gasteiger partial charge is 0.342 e. The molecule has 1 N–H and O–H groups in total. The van der Waals surface area contributed by atoms with Crippen LogP contribution in [0.1, 0.15) is 10.4 Å². The van der Waals surface area contributed by atoms with Crippen LogP contribution in [0.3, 0.4) is 0 Å². The minimum atomic E-state index is -0.873. The SMILES string of the molecule is COc1cc(OC)c(C(=O)OCC(=O)Nc2cc(F)ccc2F)cc1OC. The average Bonchev–Trinajstić information content (AvgIpc) is 2.67. The van der Waals surface area contributed by atoms with E-state index in [1.54, 1.807) is 0 Å². The minimum Gasteiger partial charge on any atom is -0.496 e. The summed E-state index contributed by atoms with van der Waals surface area (Å²) in [7, 11) is 4.16. The van der Waals surface area contributed by atoms with E-state index >= 15 is 0 Å². The number of carbonyl (C=O) groups excluding carboxylic acids is 2. The quantitative estimate of drug-likeness (QED) is 0.743. The monoisotopic (exact) mass is 381 g/mol. The van der Waals surface area contributed by atoms with Gasteiger partial charge in [0, 0.05) is 18.2 Å². The Bertz CT molecular complexity index is 856. The maximum absolute atomic E-state index is 13.5. The van der Waals surface area contributed by atoms with Gasteiger partial charge in [-0.2, -0.15) is 0 Å². The maximum atomic E-state index is 13.5. The van der Waals surface area contributed by atoms with Gasteiger partial charge in [0.05, 0.1) is 27.0 Å². The van der Waals surface area contributed by atoms with Gasteiger partial charge in [0.15, 0.2) is 18.1 Å². The summed E-state index contributed by atoms with van der Waals surface area (Å²) in [6.45, 7) is -0.716. The van der Waals surface area contributed by atoms with Crippen molar-refractivity contribution in [3.05, 3.63) is 47.5 Å². The Kier molecular flexibility index (Phi) is 6.53. The number of amides is 1. The third kappa shape index (κ3) is 4.84. The Hall–Kier alpha value is -3.36. The van der Waals surface area contributed by atoms with Crippen LogP contribution in [0.15, 0.2) is 30.3 Å². The lowest BCUT2D eigenvalue weighted by molar-refractivity contribution is -0.119. The van der Waals surface area contributed by atoms with E-state index in [4.69, 9.17) is 18.9 Å². The third-order valence-electron chi connectivity index (χ3n) is 3.46. The van der Waals surface area contributed by atoms with Gasteiger partial charge in [-0.25, -0.2) is 13.6 Å². The summed E-state index contributed by atoms with van der Waals surface area (Å²) in [6, 6.07) is 5.36. The van der Waals surface area contributed by atoms with E-state index < -0.39 is 30.1 Å². The normalized spacial score (nSPS) is 10.1. The number of carbonyl (C=O) groups is 2. The molecule has 0 unspecified atom stereocenters. The van der Waals surface area contributed by atoms with Crippen molar-refractivity contribution < 1.29 is 37.3 Å². The van der Waals surface area contributed by atoms with Crippen LogP contribution in [0.25, 0.3) is 0 Å². The number of halogens is 2. The van der Waals surface area contributed by atoms with Gasteiger partial charge < -0.3 is 24.3 Å². The van der Waals surface area contributed by atoms with Gasteiger partial charge in [0.25, 0.3) is 5.91 Å². The Labute approximate surface area is 153 Å². The number of rotatable bonds is 7. The van der Waals surface area contributed by atoms with Crippen LogP contribution in [0.4, 0.5) is 14.5 Å². The lowest BCUT2D eigenvalue weighted by Crippen LogP contribution is -2.21. The summed E-state index contributed by atoms with van der Waals surface area (Å²) < 4.78 is 46.9. The molecule has 0 bridgehead atoms. The number of hydrogen-bond donors (Lipinski definition) is 1. The van der Waals surface area contributed by atoms with Crippen LogP contribution < -0.4 is 19.5 Å². The van der Waals surface area contributed by atoms with Gasteiger partial charge in [-0.15, -0.1) is 0 Å². The molecule has 0 heterocycles. The highest BCUT2D eigenvalue weighted by Crippen LogP contribution is 2.34. The molecule has 0 spiro atoms. The standard InChI is InChI=1S/C18H17F2NO6/c1-24-14-8-16(26-3)15(25-2)7-11(14)18(23)27-9-17(22)21-13-6-10(19)4-5-12(13)20/h4-8H,9H2,1-3H3,(H,21,22). The van der Waals surface area contributed by atoms with E-state index in [-0.39, 0.29) is 22.7 Å². The fourth-order valence-electron chi connectivity index (χ4n) is 2.18. The molecule has 0 aromatic heterocycles. The Balaban J connectivity index is 2.08. The highest BCUT2D eigenvalue weighted by Gasteiger charge is 2.20. The number of hydrogen-bond acceptors (Lipinski definition) is 6. The highest BCUT2D eigenvalue weighted by molar-refractivity contribution is 5.97. The second kappa shape index (κ2) is 8.84. The molecule has 27 heavy (non-hydrogen) atoms. The highest BCUT2D eigenvalue weighted by atomic mass is 19.1. The molecule has 0 aliphatic carbocycles. The molecule has 2 aromatic carbocycles. The molecule has 144 valence electrons. The topological polar surface area (TPSA) is 83.1 Å². The first-order chi connectivity index (χ1) is 12.9. The predicted octanol–water partition coefficient (Wildman–Crippen LogP) is 2.79. The Morgan fingerprint density at radius 3 is 2.19 bits per heavy atom. The first-order valence-corrected chi connectivity index (χ1v) is 7.61. The van der Waals surface area contributed by atoms with Crippen LogP contribution in [-0.2, 0) is 9.53 Å². The average molecular weight is 381 g/mol. The maximum Gasteiger partial charge on any atom is 0.342 e. The molecule has 0 radical (unpaired) electrons. The summed E-state index contributed by atoms with van der Waals surface area (Å²) in [6.07, 6.45) is 0. The summed E-state index contributed by atoms with van der Waals surface area (Å²) in [5.41, 5.74) is -0.361. The van der Waals surface area contributed by atoms with Crippen molar-refractivity contribution in [2.45, 2.75) is 0 Å². The van der Waals surface area contributed by atoms with Crippen molar-refractivity contribution in [3.8, 4) is 17.2 Å². The summed E-state index contributed by atoms with van der Waals surface area (Å²) in [4.78, 5) is 24.1. The van der Waals surface area contributed by atoms with Gasteiger partial charge in [-0.1, -0.05) is 0 Å². The second-order valence-corrected chi connectivity index (χ2v) is 5.16. The van der Waals surface area contributed by atoms with Gasteiger partial charge in [0.2, 0.25) is 0 Å². The van der Waals surface area contributed by atoms with E-state index in [1.165, 1.54) is 33.5 Å². The molecule has 2 aromatic rings. The third-order valence-corrected chi connectivity index (χ3v) is 3.46. The largest absolute Gasteiger partial charge is 0.496 e. The number of ether oxygens (including phenoxy) is 4. The lowest BCUT2D eigenvalue weighted by Gasteiger charge is -2.13. The zero-order chi connectivity index (χ0) is 20.0. The fraction of sp³-hybridized carbons (Fsp3) is 0.222. The van der Waals surface area contributed by atoms with Gasteiger partial charge in [-0.3, -0.25) is 4.79 Å². The van der Waals surface area contributed by atoms with Gasteiger partial charge in [0.1, 0.15) is 22.9 Å². The number of anilines is 1. The molecular formula is C18H17F2NO6. The van der Waals surface area contributed by atoms with Crippen LogP contribution in [-0.4, -0.2) is 39.8 Å². The van der Waals surface area contributed by atoms with E-state index in [1.807, 2.05) is 0 Å². The van der Waals surface area contributed by atoms with Gasteiger partial charge >= 0.3 is 5.97 Å². The Morgan fingerprint density at radius 2 is 1.56 bits per heavy atom. The number of esters is 1. The molecule has 2 rings (SSSR count). The van der Waals surface area contributed by atoms with Crippen molar-refractivity contribution in [1.29, 1.82) is 0 Å². The van der Waals surface area contributed by atoms with Crippen molar-refractivity contribution in [1.82, 2.24) is 0 Å². The van der Waals surface area contributed by atoms with Crippen LogP contribution >= 0.6 is 0 Å². The van der Waals surface area contributed by atoms with Crippen LogP contribution in [0.2, 0.25) is 0 Å².